The predicted octanol–water partition coefficient (Wildman–Crippen LogP) is 2.77. The van der Waals surface area contributed by atoms with Gasteiger partial charge in [0.15, 0.2) is 18.1 Å². The number of hydrogen-bond acceptors (Lipinski definition) is 6. The molecule has 0 saturated heterocycles. The minimum Gasteiger partial charge on any atom is -0.493 e. The number of esters is 1. The second kappa shape index (κ2) is 9.38. The number of ether oxygens (including phenoxy) is 3. The van der Waals surface area contributed by atoms with Crippen LogP contribution in [-0.2, 0) is 9.59 Å². The predicted molar refractivity (Wildman–Crippen MR) is 101 cm³/mol. The third-order valence-electron chi connectivity index (χ3n) is 3.55. The van der Waals surface area contributed by atoms with E-state index in [4.69, 9.17) is 14.2 Å². The maximum absolute atomic E-state index is 11.9. The van der Waals surface area contributed by atoms with Crippen molar-refractivity contribution in [3.8, 4) is 17.2 Å². The first-order valence-corrected chi connectivity index (χ1v) is 8.27. The topological polar surface area (TPSA) is 86.2 Å². The Balaban J connectivity index is 1.91. The third kappa shape index (κ3) is 6.14. The highest BCUT2D eigenvalue weighted by atomic mass is 16.6. The van der Waals surface area contributed by atoms with Crippen molar-refractivity contribution in [1.29, 1.82) is 0 Å². The first-order valence-electron chi connectivity index (χ1n) is 8.27. The Morgan fingerprint density at radius 3 is 2.56 bits per heavy atom. The van der Waals surface area contributed by atoms with E-state index < -0.39 is 5.97 Å². The molecule has 0 bridgehead atoms. The van der Waals surface area contributed by atoms with E-state index in [0.717, 1.165) is 11.1 Å². The first-order chi connectivity index (χ1) is 12.9. The Hall–Kier alpha value is -3.35. The van der Waals surface area contributed by atoms with E-state index in [1.807, 2.05) is 32.0 Å². The van der Waals surface area contributed by atoms with Gasteiger partial charge in [0.1, 0.15) is 5.75 Å². The molecule has 0 fully saturated rings. The highest BCUT2D eigenvalue weighted by Crippen LogP contribution is 2.27. The molecule has 1 amide bonds. The molecule has 2 rings (SSSR count). The summed E-state index contributed by atoms with van der Waals surface area (Å²) in [6, 6.07) is 10.7. The van der Waals surface area contributed by atoms with Gasteiger partial charge < -0.3 is 14.2 Å². The fraction of sp³-hybridized carbons (Fsp3) is 0.250. The molecule has 142 valence electrons. The molecule has 0 aromatic heterocycles. The van der Waals surface area contributed by atoms with E-state index in [-0.39, 0.29) is 12.5 Å². The van der Waals surface area contributed by atoms with Crippen molar-refractivity contribution in [2.75, 3.05) is 13.7 Å². The number of aryl methyl sites for hydroxylation is 2. The summed E-state index contributed by atoms with van der Waals surface area (Å²) in [5.74, 6) is 0.549. The Morgan fingerprint density at radius 1 is 1.07 bits per heavy atom. The second-order valence-corrected chi connectivity index (χ2v) is 5.85. The normalized spacial score (nSPS) is 10.5. The van der Waals surface area contributed by atoms with Gasteiger partial charge in [0, 0.05) is 6.92 Å². The van der Waals surface area contributed by atoms with Crippen LogP contribution in [0.2, 0.25) is 0 Å². The van der Waals surface area contributed by atoms with Gasteiger partial charge in [-0.05, 0) is 54.8 Å². The van der Waals surface area contributed by atoms with Gasteiger partial charge in [0.2, 0.25) is 0 Å². The molecule has 0 aliphatic rings. The van der Waals surface area contributed by atoms with E-state index in [9.17, 15) is 9.59 Å². The van der Waals surface area contributed by atoms with Gasteiger partial charge >= 0.3 is 5.97 Å². The summed E-state index contributed by atoms with van der Waals surface area (Å²) < 4.78 is 15.7. The minimum absolute atomic E-state index is 0.143. The van der Waals surface area contributed by atoms with E-state index in [1.165, 1.54) is 20.2 Å². The molecule has 0 aliphatic carbocycles. The Morgan fingerprint density at radius 2 is 1.85 bits per heavy atom. The monoisotopic (exact) mass is 370 g/mol. The maximum Gasteiger partial charge on any atom is 0.308 e. The molecule has 1 N–H and O–H groups in total. The van der Waals surface area contributed by atoms with Gasteiger partial charge in [-0.25, -0.2) is 5.43 Å². The lowest BCUT2D eigenvalue weighted by atomic mass is 10.1. The molecule has 0 atom stereocenters. The summed E-state index contributed by atoms with van der Waals surface area (Å²) in [5.41, 5.74) is 5.08. The maximum atomic E-state index is 11.9. The SMILES string of the molecule is COc1cc(/C=N\NC(=O)COc2cc(C)ccc2C)ccc1OC(C)=O. The number of nitrogens with one attached hydrogen (secondary N) is 1. The second-order valence-electron chi connectivity index (χ2n) is 5.85. The minimum atomic E-state index is -0.439. The number of hydrazone groups is 1. The number of rotatable bonds is 7. The van der Waals surface area contributed by atoms with Crippen LogP contribution in [-0.4, -0.2) is 31.8 Å². The van der Waals surface area contributed by atoms with Crippen LogP contribution in [0.4, 0.5) is 0 Å². The van der Waals surface area contributed by atoms with Gasteiger partial charge in [0.05, 0.1) is 13.3 Å². The summed E-state index contributed by atoms with van der Waals surface area (Å²) in [7, 11) is 1.47. The molecule has 0 saturated carbocycles. The molecular formula is C20H22N2O5. The zero-order valence-electron chi connectivity index (χ0n) is 15.7. The van der Waals surface area contributed by atoms with Crippen LogP contribution in [0.25, 0.3) is 0 Å². The quantitative estimate of drug-likeness (QED) is 0.351. The van der Waals surface area contributed by atoms with Crippen molar-refractivity contribution in [3.05, 3.63) is 53.1 Å². The summed E-state index contributed by atoms with van der Waals surface area (Å²) in [5, 5.41) is 3.89. The number of amides is 1. The van der Waals surface area contributed by atoms with Gasteiger partial charge in [0.25, 0.3) is 5.91 Å². The molecule has 0 spiro atoms. The van der Waals surface area contributed by atoms with Crippen LogP contribution in [0.3, 0.4) is 0 Å². The number of benzene rings is 2. The van der Waals surface area contributed by atoms with Crippen molar-refractivity contribution in [2.24, 2.45) is 5.10 Å². The Bertz CT molecular complexity index is 861. The fourth-order valence-corrected chi connectivity index (χ4v) is 2.22. The molecular weight excluding hydrogens is 348 g/mol. The van der Waals surface area contributed by atoms with Crippen LogP contribution >= 0.6 is 0 Å². The summed E-state index contributed by atoms with van der Waals surface area (Å²) in [6.07, 6.45) is 1.45. The molecule has 0 radical (unpaired) electrons. The third-order valence-corrected chi connectivity index (χ3v) is 3.55. The van der Waals surface area contributed by atoms with Gasteiger partial charge in [-0.15, -0.1) is 0 Å². The Labute approximate surface area is 157 Å². The molecule has 7 heteroatoms. The molecule has 0 heterocycles. The van der Waals surface area contributed by atoms with Gasteiger partial charge in [-0.1, -0.05) is 12.1 Å². The number of methoxy groups -OCH3 is 1. The molecule has 0 unspecified atom stereocenters. The smallest absolute Gasteiger partial charge is 0.308 e. The molecule has 27 heavy (non-hydrogen) atoms. The van der Waals surface area contributed by atoms with Crippen molar-refractivity contribution in [2.45, 2.75) is 20.8 Å². The zero-order valence-corrected chi connectivity index (χ0v) is 15.7. The van der Waals surface area contributed by atoms with Crippen molar-refractivity contribution in [3.63, 3.8) is 0 Å². The lowest BCUT2D eigenvalue weighted by Crippen LogP contribution is -2.24. The van der Waals surface area contributed by atoms with Crippen LogP contribution in [0, 0.1) is 13.8 Å². The first kappa shape index (κ1) is 20.0. The fourth-order valence-electron chi connectivity index (χ4n) is 2.22. The van der Waals surface area contributed by atoms with E-state index in [0.29, 0.717) is 22.8 Å². The standard InChI is InChI=1S/C20H22N2O5/c1-13-5-6-14(2)18(9-13)26-12-20(24)22-21-11-16-7-8-17(27-15(3)23)19(10-16)25-4/h5-11H,12H2,1-4H3,(H,22,24)/b21-11-. The highest BCUT2D eigenvalue weighted by Gasteiger charge is 2.08. The summed E-state index contributed by atoms with van der Waals surface area (Å²) in [6.45, 7) is 5.04. The number of carbonyl (C=O) groups excluding carboxylic acids is 2. The molecule has 7 nitrogen and oxygen atoms in total. The van der Waals surface area contributed by atoms with Gasteiger partial charge in [-0.3, -0.25) is 9.59 Å². The largest absolute Gasteiger partial charge is 0.493 e. The van der Waals surface area contributed by atoms with Crippen LogP contribution in [0.5, 0.6) is 17.2 Å². The summed E-state index contributed by atoms with van der Waals surface area (Å²) in [4.78, 5) is 22.9. The van der Waals surface area contributed by atoms with Crippen molar-refractivity contribution in [1.82, 2.24) is 5.43 Å². The van der Waals surface area contributed by atoms with E-state index in [2.05, 4.69) is 10.5 Å². The summed E-state index contributed by atoms with van der Waals surface area (Å²) >= 11 is 0. The lowest BCUT2D eigenvalue weighted by molar-refractivity contribution is -0.132. The molecule has 2 aromatic rings. The number of carbonyl (C=O) groups is 2. The molecule has 0 aliphatic heterocycles. The Kier molecular flexibility index (Phi) is 6.93. The van der Waals surface area contributed by atoms with Crippen LogP contribution in [0.15, 0.2) is 41.5 Å². The number of hydrogen-bond donors (Lipinski definition) is 1. The van der Waals surface area contributed by atoms with Crippen molar-refractivity contribution >= 4 is 18.1 Å². The van der Waals surface area contributed by atoms with E-state index in [1.54, 1.807) is 18.2 Å². The highest BCUT2D eigenvalue weighted by molar-refractivity contribution is 5.84. The van der Waals surface area contributed by atoms with E-state index >= 15 is 0 Å². The van der Waals surface area contributed by atoms with Crippen molar-refractivity contribution < 1.29 is 23.8 Å². The van der Waals surface area contributed by atoms with Gasteiger partial charge in [-0.2, -0.15) is 5.10 Å². The average molecular weight is 370 g/mol. The van der Waals surface area contributed by atoms with Crippen LogP contribution in [0.1, 0.15) is 23.6 Å². The lowest BCUT2D eigenvalue weighted by Gasteiger charge is -2.09. The zero-order chi connectivity index (χ0) is 19.8. The van der Waals surface area contributed by atoms with Crippen LogP contribution < -0.4 is 19.6 Å². The average Bonchev–Trinajstić information content (AvgIpc) is 2.63. The molecule has 2 aromatic carbocycles. The number of nitrogens with zero attached hydrogens (tertiary/aromatic N) is 1.